The number of alkyl carbamates (subject to hydrolysis) is 1. The van der Waals surface area contributed by atoms with Gasteiger partial charge in [0.25, 0.3) is 0 Å². The van der Waals surface area contributed by atoms with Crippen LogP contribution in [-0.4, -0.2) is 77.0 Å². The van der Waals surface area contributed by atoms with Crippen molar-refractivity contribution in [2.24, 2.45) is 29.2 Å². The number of fused-ring (bicyclic) bond motifs is 1. The van der Waals surface area contributed by atoms with Gasteiger partial charge in [-0.15, -0.1) is 0 Å². The molecule has 13 nitrogen and oxygen atoms in total. The summed E-state index contributed by atoms with van der Waals surface area (Å²) < 4.78 is 10.5. The van der Waals surface area contributed by atoms with Crippen molar-refractivity contribution >= 4 is 29.7 Å². The van der Waals surface area contributed by atoms with Crippen molar-refractivity contribution in [2.45, 2.75) is 95.8 Å². The number of carbonyl (C=O) groups is 5. The van der Waals surface area contributed by atoms with Crippen LogP contribution in [0.5, 0.6) is 0 Å². The lowest BCUT2D eigenvalue weighted by molar-refractivity contribution is -0.143. The van der Waals surface area contributed by atoms with E-state index in [1.165, 1.54) is 25.7 Å². The van der Waals surface area contributed by atoms with Crippen molar-refractivity contribution in [3.8, 4) is 0 Å². The molecule has 3 fully saturated rings. The van der Waals surface area contributed by atoms with Crippen LogP contribution in [0.25, 0.3) is 0 Å². The maximum Gasteiger partial charge on any atom is 0.409 e. The van der Waals surface area contributed by atoms with Crippen LogP contribution < -0.4 is 27.4 Å². The number of hydrogen-bond acceptors (Lipinski definition) is 10. The SMILES string of the molecule is C=C(NCC(=O)OCc1ccccc1)C(=O)C(C)NC(=O)C1C2C(CN1C(=O)C(NC(=O)OC(C)(C)N)C1CCCCC1)C2(C)N. The van der Waals surface area contributed by atoms with Crippen molar-refractivity contribution in [2.75, 3.05) is 13.1 Å². The predicted molar refractivity (Wildman–Crippen MR) is 169 cm³/mol. The molecule has 252 valence electrons. The van der Waals surface area contributed by atoms with Crippen molar-refractivity contribution in [3.05, 3.63) is 48.2 Å². The first kappa shape index (κ1) is 34.9. The van der Waals surface area contributed by atoms with Crippen LogP contribution in [0, 0.1) is 17.8 Å². The molecule has 2 saturated carbocycles. The van der Waals surface area contributed by atoms with Gasteiger partial charge in [-0.05, 0) is 52.0 Å². The number of nitrogens with two attached hydrogens (primary N) is 2. The van der Waals surface area contributed by atoms with Crippen LogP contribution in [0.1, 0.15) is 65.4 Å². The standard InChI is InChI=1S/C33H48N6O7/c1-19(36-16-24(40)45-18-21-12-8-6-9-13-21)28(41)20(2)37-29(42)27-25-23(33(25,5)35)17-39(27)30(43)26(22-14-10-7-11-15-22)38-31(44)46-32(3,4)34/h6,8-9,12-13,20,22-23,25-27,36H,1,7,10-11,14-18,34-35H2,2-5H3,(H,37,42)(H,38,44). The van der Waals surface area contributed by atoms with Gasteiger partial charge in [-0.2, -0.15) is 0 Å². The third-order valence-corrected chi connectivity index (χ3v) is 9.22. The van der Waals surface area contributed by atoms with Crippen LogP contribution >= 0.6 is 0 Å². The molecule has 6 unspecified atom stereocenters. The predicted octanol–water partition coefficient (Wildman–Crippen LogP) is 1.45. The van der Waals surface area contributed by atoms with Crippen LogP contribution in [0.2, 0.25) is 0 Å². The van der Waals surface area contributed by atoms with Crippen LogP contribution in [0.15, 0.2) is 42.6 Å². The minimum absolute atomic E-state index is 0.0697. The lowest BCUT2D eigenvalue weighted by atomic mass is 9.83. The van der Waals surface area contributed by atoms with Gasteiger partial charge in [0.2, 0.25) is 11.8 Å². The molecule has 7 N–H and O–H groups in total. The summed E-state index contributed by atoms with van der Waals surface area (Å²) in [6.07, 6.45) is 3.57. The summed E-state index contributed by atoms with van der Waals surface area (Å²) in [4.78, 5) is 67.3. The summed E-state index contributed by atoms with van der Waals surface area (Å²) in [5.41, 5.74) is 11.2. The first-order valence-corrected chi connectivity index (χ1v) is 15.9. The number of nitrogens with zero attached hydrogens (tertiary/aromatic N) is 1. The van der Waals surface area contributed by atoms with Gasteiger partial charge < -0.3 is 36.1 Å². The zero-order valence-corrected chi connectivity index (χ0v) is 27.2. The topological polar surface area (TPSA) is 195 Å². The highest BCUT2D eigenvalue weighted by atomic mass is 16.6. The van der Waals surface area contributed by atoms with Crippen molar-refractivity contribution in [1.82, 2.24) is 20.9 Å². The molecule has 1 heterocycles. The molecule has 13 heteroatoms. The molecule has 0 aromatic heterocycles. The summed E-state index contributed by atoms with van der Waals surface area (Å²) in [6.45, 7) is 10.2. The smallest absolute Gasteiger partial charge is 0.409 e. The fourth-order valence-electron chi connectivity index (χ4n) is 6.69. The Morgan fingerprint density at radius 3 is 2.37 bits per heavy atom. The number of ether oxygens (including phenoxy) is 2. The van der Waals surface area contributed by atoms with Gasteiger partial charge in [-0.25, -0.2) is 4.79 Å². The molecule has 46 heavy (non-hydrogen) atoms. The van der Waals surface area contributed by atoms with Gasteiger partial charge in [0.05, 0.1) is 11.7 Å². The minimum Gasteiger partial charge on any atom is -0.460 e. The highest BCUT2D eigenvalue weighted by Gasteiger charge is 2.70. The molecular formula is C33H48N6O7. The molecule has 2 aliphatic carbocycles. The number of benzene rings is 1. The van der Waals surface area contributed by atoms with Crippen molar-refractivity contribution in [1.29, 1.82) is 0 Å². The average Bonchev–Trinajstić information content (AvgIpc) is 3.32. The molecule has 3 aliphatic rings. The number of ketones is 1. The number of hydrogen-bond donors (Lipinski definition) is 5. The highest BCUT2D eigenvalue weighted by molar-refractivity contribution is 6.02. The summed E-state index contributed by atoms with van der Waals surface area (Å²) in [5, 5.41) is 8.13. The van der Waals surface area contributed by atoms with Crippen molar-refractivity contribution in [3.63, 3.8) is 0 Å². The molecule has 1 aliphatic heterocycles. The molecule has 0 bridgehead atoms. The van der Waals surface area contributed by atoms with E-state index in [-0.39, 0.29) is 49.1 Å². The second kappa shape index (κ2) is 14.2. The maximum absolute atomic E-state index is 14.1. The largest absolute Gasteiger partial charge is 0.460 e. The number of likely N-dealkylation sites (tertiary alicyclic amines) is 1. The fourth-order valence-corrected chi connectivity index (χ4v) is 6.69. The molecule has 1 saturated heterocycles. The Bertz CT molecular complexity index is 1320. The van der Waals surface area contributed by atoms with Gasteiger partial charge >= 0.3 is 12.1 Å². The zero-order chi connectivity index (χ0) is 33.8. The number of nitrogens with one attached hydrogen (secondary N) is 3. The Kier molecular flexibility index (Phi) is 10.8. The maximum atomic E-state index is 14.1. The van der Waals surface area contributed by atoms with E-state index >= 15 is 0 Å². The number of carbonyl (C=O) groups excluding carboxylic acids is 5. The number of rotatable bonds is 13. The molecule has 0 spiro atoms. The summed E-state index contributed by atoms with van der Waals surface area (Å²) in [7, 11) is 0. The monoisotopic (exact) mass is 640 g/mol. The van der Waals surface area contributed by atoms with Crippen LogP contribution in [-0.2, 0) is 35.3 Å². The van der Waals surface area contributed by atoms with Gasteiger partial charge in [0, 0.05) is 23.9 Å². The first-order valence-electron chi connectivity index (χ1n) is 15.9. The number of amides is 3. The third kappa shape index (κ3) is 8.43. The Morgan fingerprint density at radius 1 is 1.09 bits per heavy atom. The summed E-state index contributed by atoms with van der Waals surface area (Å²) in [6, 6.07) is 6.32. The highest BCUT2D eigenvalue weighted by Crippen LogP contribution is 2.57. The number of Topliss-reactive ketones (excluding diaryl/α,β-unsaturated/α-hetero) is 1. The molecular weight excluding hydrogens is 592 g/mol. The Morgan fingerprint density at radius 2 is 1.74 bits per heavy atom. The van der Waals surface area contributed by atoms with E-state index in [2.05, 4.69) is 22.5 Å². The molecule has 6 atom stereocenters. The lowest BCUT2D eigenvalue weighted by Gasteiger charge is -2.37. The molecule has 1 aromatic rings. The molecule has 0 radical (unpaired) electrons. The second-order valence-corrected chi connectivity index (χ2v) is 13.5. The summed E-state index contributed by atoms with van der Waals surface area (Å²) >= 11 is 0. The second-order valence-electron chi connectivity index (χ2n) is 13.5. The third-order valence-electron chi connectivity index (χ3n) is 9.22. The van der Waals surface area contributed by atoms with Gasteiger partial charge in [-0.3, -0.25) is 24.9 Å². The van der Waals surface area contributed by atoms with E-state index in [9.17, 15) is 24.0 Å². The zero-order valence-electron chi connectivity index (χ0n) is 27.2. The molecule has 3 amide bonds. The number of esters is 1. The van der Waals surface area contributed by atoms with E-state index in [1.54, 1.807) is 0 Å². The van der Waals surface area contributed by atoms with E-state index in [0.717, 1.165) is 37.7 Å². The van der Waals surface area contributed by atoms with E-state index in [4.69, 9.17) is 20.9 Å². The first-order chi connectivity index (χ1) is 21.6. The fraction of sp³-hybridized carbons (Fsp3) is 0.606. The number of piperidine rings is 1. The Hall–Kier alpha value is -3.97. The summed E-state index contributed by atoms with van der Waals surface area (Å²) in [5.74, 6) is -2.58. The van der Waals surface area contributed by atoms with Gasteiger partial charge in [0.1, 0.15) is 25.2 Å². The lowest BCUT2D eigenvalue weighted by Crippen LogP contribution is -2.60. The van der Waals surface area contributed by atoms with Crippen LogP contribution in [0.4, 0.5) is 4.79 Å². The van der Waals surface area contributed by atoms with Gasteiger partial charge in [-0.1, -0.05) is 56.2 Å². The van der Waals surface area contributed by atoms with E-state index in [1.807, 2.05) is 37.3 Å². The Balaban J connectivity index is 1.39. The van der Waals surface area contributed by atoms with Crippen LogP contribution in [0.3, 0.4) is 0 Å². The Labute approximate surface area is 270 Å². The van der Waals surface area contributed by atoms with E-state index in [0.29, 0.717) is 0 Å². The quantitative estimate of drug-likeness (QED) is 0.120. The average molecular weight is 641 g/mol. The van der Waals surface area contributed by atoms with Crippen molar-refractivity contribution < 1.29 is 33.4 Å². The molecule has 4 rings (SSSR count). The normalized spacial score (nSPS) is 25.3. The van der Waals surface area contributed by atoms with E-state index < -0.39 is 53.1 Å². The minimum atomic E-state index is -1.24. The molecule has 1 aromatic carbocycles. The van der Waals surface area contributed by atoms with Gasteiger partial charge in [0.15, 0.2) is 11.5 Å².